The molecule has 3 aromatic rings. The third-order valence-electron chi connectivity index (χ3n) is 4.97. The lowest BCUT2D eigenvalue weighted by atomic mass is 10.1. The first kappa shape index (κ1) is 18.5. The van der Waals surface area contributed by atoms with E-state index in [9.17, 15) is 15.2 Å². The monoisotopic (exact) mass is 389 g/mol. The van der Waals surface area contributed by atoms with E-state index in [2.05, 4.69) is 11.1 Å². The maximum absolute atomic E-state index is 13.0. The number of benzene rings is 1. The average molecular weight is 389 g/mol. The fourth-order valence-corrected chi connectivity index (χ4v) is 3.57. The number of aliphatic hydroxyl groups is 1. The smallest absolute Gasteiger partial charge is 0.196 e. The highest BCUT2D eigenvalue weighted by molar-refractivity contribution is 6.02. The second kappa shape index (κ2) is 7.30. The van der Waals surface area contributed by atoms with Crippen molar-refractivity contribution >= 4 is 17.2 Å². The van der Waals surface area contributed by atoms with Gasteiger partial charge in [0, 0.05) is 26.5 Å². The maximum atomic E-state index is 13.0. The molecule has 0 saturated carbocycles. The molecular formula is C21H19N5O3. The van der Waals surface area contributed by atoms with Crippen molar-refractivity contribution in [1.29, 1.82) is 5.26 Å². The fourth-order valence-electron chi connectivity index (χ4n) is 3.57. The Hall–Kier alpha value is -3.83. The quantitative estimate of drug-likeness (QED) is 0.529. The van der Waals surface area contributed by atoms with Gasteiger partial charge in [0.1, 0.15) is 29.0 Å². The van der Waals surface area contributed by atoms with E-state index in [1.807, 2.05) is 48.2 Å². The molecule has 1 atom stereocenters. The number of furan rings is 1. The van der Waals surface area contributed by atoms with Gasteiger partial charge in [-0.15, -0.1) is 0 Å². The van der Waals surface area contributed by atoms with Gasteiger partial charge in [0.05, 0.1) is 24.2 Å². The van der Waals surface area contributed by atoms with E-state index < -0.39 is 6.10 Å². The van der Waals surface area contributed by atoms with Crippen LogP contribution >= 0.6 is 0 Å². The Kier molecular flexibility index (Phi) is 4.66. The predicted octanol–water partition coefficient (Wildman–Crippen LogP) is 2.45. The number of hydrogen-bond acceptors (Lipinski definition) is 7. The largest absolute Gasteiger partial charge is 0.466 e. The zero-order valence-corrected chi connectivity index (χ0v) is 16.0. The van der Waals surface area contributed by atoms with E-state index >= 15 is 0 Å². The molecule has 0 spiro atoms. The van der Waals surface area contributed by atoms with Gasteiger partial charge in [0.2, 0.25) is 0 Å². The highest BCUT2D eigenvalue weighted by Gasteiger charge is 2.31. The van der Waals surface area contributed by atoms with Crippen molar-refractivity contribution in [3.05, 3.63) is 78.0 Å². The van der Waals surface area contributed by atoms with Crippen molar-refractivity contribution in [1.82, 2.24) is 9.55 Å². The Morgan fingerprint density at radius 2 is 1.90 bits per heavy atom. The van der Waals surface area contributed by atoms with Crippen molar-refractivity contribution in [2.45, 2.75) is 12.6 Å². The minimum atomic E-state index is -1.10. The number of allylic oxidation sites excluding steroid dienone is 1. The molecule has 1 aliphatic rings. The third kappa shape index (κ3) is 3.07. The van der Waals surface area contributed by atoms with Gasteiger partial charge >= 0.3 is 0 Å². The molecule has 146 valence electrons. The molecule has 0 bridgehead atoms. The highest BCUT2D eigenvalue weighted by atomic mass is 16.4. The molecule has 0 radical (unpaired) electrons. The van der Waals surface area contributed by atoms with Gasteiger partial charge < -0.3 is 23.9 Å². The van der Waals surface area contributed by atoms with Crippen LogP contribution in [0, 0.1) is 11.3 Å². The number of nitrogens with zero attached hydrogens (tertiary/aromatic N) is 5. The standard InChI is InChI=1S/C21H19N5O3/c1-24-15-6-3-4-7-16(15)25(2)21(24)14(12-22)17(27)13-26-10-9-23-20(26)19(28)18-8-5-11-29-18/h3-11,19,28H,13H2,1-2H3. The van der Waals surface area contributed by atoms with Gasteiger partial charge in [-0.2, -0.15) is 5.26 Å². The first-order chi connectivity index (χ1) is 14.0. The van der Waals surface area contributed by atoms with Gasteiger partial charge in [-0.25, -0.2) is 4.98 Å². The van der Waals surface area contributed by atoms with Crippen LogP contribution in [0.3, 0.4) is 0 Å². The van der Waals surface area contributed by atoms with Crippen LogP contribution in [-0.4, -0.2) is 34.5 Å². The number of imidazole rings is 1. The second-order valence-corrected chi connectivity index (χ2v) is 6.67. The number of para-hydroxylation sites is 2. The van der Waals surface area contributed by atoms with Gasteiger partial charge in [-0.1, -0.05) is 12.1 Å². The number of ketones is 1. The van der Waals surface area contributed by atoms with Crippen molar-refractivity contribution in [3.63, 3.8) is 0 Å². The number of Topliss-reactive ketones (excluding diaryl/α,β-unsaturated/α-hetero) is 1. The van der Waals surface area contributed by atoms with E-state index in [0.29, 0.717) is 11.6 Å². The Balaban J connectivity index is 1.65. The Morgan fingerprint density at radius 1 is 1.21 bits per heavy atom. The highest BCUT2D eigenvalue weighted by Crippen LogP contribution is 2.40. The van der Waals surface area contributed by atoms with Crippen LogP contribution in [0.1, 0.15) is 17.7 Å². The Labute approximate surface area is 167 Å². The summed E-state index contributed by atoms with van der Waals surface area (Å²) in [6.45, 7) is -0.127. The number of nitriles is 1. The lowest BCUT2D eigenvalue weighted by Gasteiger charge is -2.20. The minimum Gasteiger partial charge on any atom is -0.466 e. The third-order valence-corrected chi connectivity index (χ3v) is 4.97. The maximum Gasteiger partial charge on any atom is 0.196 e. The normalized spacial score (nSPS) is 13.9. The molecule has 0 fully saturated rings. The van der Waals surface area contributed by atoms with Crippen LogP contribution in [0.25, 0.3) is 0 Å². The van der Waals surface area contributed by atoms with E-state index in [1.54, 1.807) is 18.3 Å². The van der Waals surface area contributed by atoms with Crippen molar-refractivity contribution < 1.29 is 14.3 Å². The molecule has 0 saturated heterocycles. The van der Waals surface area contributed by atoms with E-state index in [0.717, 1.165) is 11.4 Å². The summed E-state index contributed by atoms with van der Waals surface area (Å²) in [5, 5.41) is 20.2. The number of aromatic nitrogens is 2. The van der Waals surface area contributed by atoms with Crippen molar-refractivity contribution in [3.8, 4) is 6.07 Å². The van der Waals surface area contributed by atoms with Crippen LogP contribution < -0.4 is 9.80 Å². The number of carbonyl (C=O) groups excluding carboxylic acids is 1. The summed E-state index contributed by atoms with van der Waals surface area (Å²) in [6, 6.07) is 13.1. The van der Waals surface area contributed by atoms with Crippen molar-refractivity contribution in [2.24, 2.45) is 0 Å². The number of hydrogen-bond donors (Lipinski definition) is 1. The summed E-state index contributed by atoms with van der Waals surface area (Å²) in [7, 11) is 3.65. The summed E-state index contributed by atoms with van der Waals surface area (Å²) in [5.74, 6) is 0.744. The predicted molar refractivity (Wildman–Crippen MR) is 106 cm³/mol. The minimum absolute atomic E-state index is 0.0401. The molecule has 3 heterocycles. The number of rotatable bonds is 5. The number of fused-ring (bicyclic) bond motifs is 1. The topological polar surface area (TPSA) is 98.5 Å². The first-order valence-electron chi connectivity index (χ1n) is 8.99. The molecule has 29 heavy (non-hydrogen) atoms. The van der Waals surface area contributed by atoms with Gasteiger partial charge in [0.15, 0.2) is 11.9 Å². The molecule has 0 amide bonds. The van der Waals surface area contributed by atoms with Gasteiger partial charge in [-0.3, -0.25) is 4.79 Å². The van der Waals surface area contributed by atoms with Gasteiger partial charge in [-0.05, 0) is 24.3 Å². The summed E-state index contributed by atoms with van der Waals surface area (Å²) in [6.07, 6.45) is 3.44. The Bertz CT molecular complexity index is 1090. The number of aliphatic hydroxyl groups excluding tert-OH is 1. The van der Waals surface area contributed by atoms with Crippen LogP contribution in [0.5, 0.6) is 0 Å². The fraction of sp³-hybridized carbons (Fsp3) is 0.190. The second-order valence-electron chi connectivity index (χ2n) is 6.67. The summed E-state index contributed by atoms with van der Waals surface area (Å²) < 4.78 is 6.75. The van der Waals surface area contributed by atoms with Crippen LogP contribution in [0.4, 0.5) is 11.4 Å². The summed E-state index contributed by atoms with van der Waals surface area (Å²) in [4.78, 5) is 20.9. The summed E-state index contributed by atoms with van der Waals surface area (Å²) >= 11 is 0. The lowest BCUT2D eigenvalue weighted by Crippen LogP contribution is -2.27. The van der Waals surface area contributed by atoms with E-state index in [1.165, 1.54) is 17.0 Å². The van der Waals surface area contributed by atoms with Crippen LogP contribution in [-0.2, 0) is 11.3 Å². The average Bonchev–Trinajstić information content (AvgIpc) is 3.46. The SMILES string of the molecule is CN1C(=C(C#N)C(=O)Cn2ccnc2C(O)c2ccco2)N(C)c2ccccc21. The van der Waals surface area contributed by atoms with Crippen LogP contribution in [0.2, 0.25) is 0 Å². The molecule has 0 aliphatic carbocycles. The number of anilines is 2. The molecule has 8 heteroatoms. The molecule has 1 aliphatic heterocycles. The lowest BCUT2D eigenvalue weighted by molar-refractivity contribution is -0.115. The molecule has 4 rings (SSSR count). The van der Waals surface area contributed by atoms with E-state index in [-0.39, 0.29) is 23.7 Å². The molecule has 1 aromatic carbocycles. The zero-order chi connectivity index (χ0) is 20.5. The Morgan fingerprint density at radius 3 is 2.48 bits per heavy atom. The summed E-state index contributed by atoms with van der Waals surface area (Å²) in [5.41, 5.74) is 1.88. The molecular weight excluding hydrogens is 370 g/mol. The first-order valence-corrected chi connectivity index (χ1v) is 8.99. The molecule has 1 unspecified atom stereocenters. The van der Waals surface area contributed by atoms with Crippen LogP contribution in [0.15, 0.2) is 70.9 Å². The molecule has 1 N–H and O–H groups in total. The van der Waals surface area contributed by atoms with E-state index in [4.69, 9.17) is 4.42 Å². The van der Waals surface area contributed by atoms with Crippen molar-refractivity contribution in [2.75, 3.05) is 23.9 Å². The molecule has 8 nitrogen and oxygen atoms in total. The zero-order valence-electron chi connectivity index (χ0n) is 16.0. The van der Waals surface area contributed by atoms with Gasteiger partial charge in [0.25, 0.3) is 0 Å². The number of carbonyl (C=O) groups is 1. The molecule has 2 aromatic heterocycles.